The van der Waals surface area contributed by atoms with Gasteiger partial charge in [0.25, 0.3) is 20.2 Å². The summed E-state index contributed by atoms with van der Waals surface area (Å²) in [6.07, 6.45) is 6.69. The summed E-state index contributed by atoms with van der Waals surface area (Å²) in [5.74, 6) is 1.77. The molecule has 3 N–H and O–H groups in total. The Morgan fingerprint density at radius 3 is 2.03 bits per heavy atom. The second kappa shape index (κ2) is 10.4. The van der Waals surface area contributed by atoms with E-state index < -0.39 is 20.2 Å². The van der Waals surface area contributed by atoms with Gasteiger partial charge in [0.05, 0.1) is 25.0 Å². The van der Waals surface area contributed by atoms with Crippen molar-refractivity contribution in [1.29, 1.82) is 0 Å². The molecule has 0 saturated carbocycles. The number of nitrogens with zero attached hydrogens (tertiary/aromatic N) is 6. The van der Waals surface area contributed by atoms with Crippen molar-refractivity contribution < 1.29 is 25.9 Å². The van der Waals surface area contributed by atoms with Crippen molar-refractivity contribution in [3.8, 4) is 0 Å². The molecule has 31 heavy (non-hydrogen) atoms. The lowest BCUT2D eigenvalue weighted by atomic mass is 10.3. The summed E-state index contributed by atoms with van der Waals surface area (Å²) in [7, 11) is -7.33. The van der Waals surface area contributed by atoms with Gasteiger partial charge in [0.2, 0.25) is 5.95 Å². The molecule has 0 radical (unpaired) electrons. The fraction of sp³-hybridized carbons (Fsp3) is 0.375. The molecule has 0 atom stereocenters. The van der Waals surface area contributed by atoms with E-state index in [1.165, 1.54) is 0 Å². The molecule has 1 aliphatic heterocycles. The highest BCUT2D eigenvalue weighted by Crippen LogP contribution is 2.17. The molecule has 4 rings (SSSR count). The molecule has 0 amide bonds. The Bertz CT molecular complexity index is 1130. The number of rotatable bonds is 2. The van der Waals surface area contributed by atoms with Crippen LogP contribution in [0.3, 0.4) is 0 Å². The summed E-state index contributed by atoms with van der Waals surface area (Å²) < 4.78 is 51.7. The summed E-state index contributed by atoms with van der Waals surface area (Å²) >= 11 is 0. The van der Waals surface area contributed by atoms with E-state index in [-0.39, 0.29) is 0 Å². The number of pyridine rings is 1. The fourth-order valence-electron chi connectivity index (χ4n) is 2.56. The van der Waals surface area contributed by atoms with Gasteiger partial charge in [0.15, 0.2) is 5.65 Å². The summed E-state index contributed by atoms with van der Waals surface area (Å²) in [5, 5.41) is 0. The van der Waals surface area contributed by atoms with E-state index in [0.717, 1.165) is 43.5 Å². The topological polar surface area (TPSA) is 183 Å². The molecule has 0 unspecified atom stereocenters. The van der Waals surface area contributed by atoms with Crippen LogP contribution in [-0.4, -0.2) is 89.6 Å². The first-order valence-corrected chi connectivity index (χ1v) is 12.5. The van der Waals surface area contributed by atoms with E-state index in [1.807, 2.05) is 24.4 Å². The second-order valence-corrected chi connectivity index (χ2v) is 9.37. The number of aromatic nitrogens is 5. The normalized spacial score (nSPS) is 14.3. The number of hydrogen-bond acceptors (Lipinski definition) is 10. The monoisotopic (exact) mass is 473 g/mol. The molecule has 170 valence electrons. The number of imidazole rings is 1. The van der Waals surface area contributed by atoms with Gasteiger partial charge < -0.3 is 14.8 Å². The van der Waals surface area contributed by atoms with Crippen LogP contribution < -0.4 is 9.80 Å². The van der Waals surface area contributed by atoms with Crippen LogP contribution in [0.1, 0.15) is 0 Å². The maximum Gasteiger partial charge on any atom is 0.261 e. The summed E-state index contributed by atoms with van der Waals surface area (Å²) in [6, 6.07) is 6.00. The van der Waals surface area contributed by atoms with Crippen molar-refractivity contribution in [2.24, 2.45) is 0 Å². The summed E-state index contributed by atoms with van der Waals surface area (Å²) in [5.41, 5.74) is 1.58. The van der Waals surface area contributed by atoms with Gasteiger partial charge in [-0.25, -0.2) is 15.0 Å². The van der Waals surface area contributed by atoms with Crippen LogP contribution in [0.15, 0.2) is 36.9 Å². The molecule has 1 aliphatic rings. The van der Waals surface area contributed by atoms with Crippen molar-refractivity contribution in [1.82, 2.24) is 24.9 Å². The highest BCUT2D eigenvalue weighted by Gasteiger charge is 2.20. The minimum Gasteiger partial charge on any atom is -0.353 e. The first kappa shape index (κ1) is 24.4. The highest BCUT2D eigenvalue weighted by molar-refractivity contribution is 7.85. The maximum atomic E-state index is 9.19. The lowest BCUT2D eigenvalue weighted by Gasteiger charge is -2.35. The molecular weight excluding hydrogens is 450 g/mol. The van der Waals surface area contributed by atoms with Crippen LogP contribution in [0.2, 0.25) is 0 Å². The first-order chi connectivity index (χ1) is 14.4. The predicted molar refractivity (Wildman–Crippen MR) is 115 cm³/mol. The van der Waals surface area contributed by atoms with E-state index in [4.69, 9.17) is 9.11 Å². The van der Waals surface area contributed by atoms with Gasteiger partial charge in [-0.2, -0.15) is 21.8 Å². The zero-order chi connectivity index (χ0) is 23.1. The van der Waals surface area contributed by atoms with E-state index >= 15 is 0 Å². The number of H-pyrrole nitrogens is 1. The van der Waals surface area contributed by atoms with E-state index in [9.17, 15) is 16.8 Å². The predicted octanol–water partition coefficient (Wildman–Crippen LogP) is 0.0825. The Hall–Kier alpha value is -2.88. The van der Waals surface area contributed by atoms with Gasteiger partial charge in [-0.05, 0) is 12.1 Å². The molecule has 15 heteroatoms. The lowest BCUT2D eigenvalue weighted by molar-refractivity contribution is 0.488. The van der Waals surface area contributed by atoms with Crippen molar-refractivity contribution >= 4 is 43.2 Å². The van der Waals surface area contributed by atoms with E-state index in [0.29, 0.717) is 18.2 Å². The Kier molecular flexibility index (Phi) is 8.21. The third-order valence-electron chi connectivity index (χ3n) is 3.70. The van der Waals surface area contributed by atoms with Gasteiger partial charge in [0, 0.05) is 32.4 Å². The third kappa shape index (κ3) is 9.65. The zero-order valence-electron chi connectivity index (χ0n) is 16.8. The fourth-order valence-corrected chi connectivity index (χ4v) is 2.56. The average Bonchev–Trinajstić information content (AvgIpc) is 3.14. The van der Waals surface area contributed by atoms with Crippen LogP contribution >= 0.6 is 0 Å². The molecule has 1 fully saturated rings. The molecule has 0 spiro atoms. The largest absolute Gasteiger partial charge is 0.353 e. The molecular formula is C16H23N7O6S2. The van der Waals surface area contributed by atoms with Crippen molar-refractivity contribution in [3.05, 3.63) is 36.9 Å². The molecule has 13 nitrogen and oxygen atoms in total. The van der Waals surface area contributed by atoms with Gasteiger partial charge in [-0.1, -0.05) is 6.07 Å². The molecule has 3 aromatic heterocycles. The zero-order valence-corrected chi connectivity index (χ0v) is 18.5. The SMILES string of the molecule is CS(=O)(=O)O.CS(=O)(=O)O.c1ccc(N2CCN(c3ncc4[nH]cnc4n3)CC2)nc1. The Morgan fingerprint density at radius 1 is 0.903 bits per heavy atom. The number of piperazine rings is 1. The first-order valence-electron chi connectivity index (χ1n) is 8.82. The number of aromatic amines is 1. The molecule has 3 aromatic rings. The van der Waals surface area contributed by atoms with Crippen LogP contribution in [0, 0.1) is 0 Å². The van der Waals surface area contributed by atoms with Gasteiger partial charge in [0.1, 0.15) is 11.3 Å². The third-order valence-corrected chi connectivity index (χ3v) is 3.70. The number of fused-ring (bicyclic) bond motifs is 1. The van der Waals surface area contributed by atoms with Gasteiger partial charge in [-0.3, -0.25) is 9.11 Å². The van der Waals surface area contributed by atoms with Crippen LogP contribution in [0.25, 0.3) is 11.2 Å². The Labute approximate surface area is 179 Å². The van der Waals surface area contributed by atoms with Crippen LogP contribution in [0.4, 0.5) is 11.8 Å². The standard InChI is InChI=1S/C14H15N7.2CH4O3S/c1-2-4-15-12(3-1)20-5-7-21(8-6-20)14-16-9-11-13(19-14)18-10-17-11;2*1-5(2,3)4/h1-4,9-10H,5-8H2,(H,16,17,18,19);2*1H3,(H,2,3,4). The van der Waals surface area contributed by atoms with Gasteiger partial charge >= 0.3 is 0 Å². The average molecular weight is 474 g/mol. The molecule has 0 bridgehead atoms. The van der Waals surface area contributed by atoms with Crippen LogP contribution in [-0.2, 0) is 20.2 Å². The summed E-state index contributed by atoms with van der Waals surface area (Å²) in [6.45, 7) is 3.59. The van der Waals surface area contributed by atoms with Crippen LogP contribution in [0.5, 0.6) is 0 Å². The highest BCUT2D eigenvalue weighted by atomic mass is 32.2. The maximum absolute atomic E-state index is 9.19. The number of anilines is 2. The van der Waals surface area contributed by atoms with Gasteiger partial charge in [-0.15, -0.1) is 0 Å². The quantitative estimate of drug-likeness (QED) is 0.427. The second-order valence-electron chi connectivity index (χ2n) is 6.44. The summed E-state index contributed by atoms with van der Waals surface area (Å²) in [4.78, 5) is 25.0. The number of hydrogen-bond donors (Lipinski definition) is 3. The van der Waals surface area contributed by atoms with Crippen molar-refractivity contribution in [3.63, 3.8) is 0 Å². The molecule has 0 aliphatic carbocycles. The molecule has 0 aromatic carbocycles. The molecule has 4 heterocycles. The van der Waals surface area contributed by atoms with Crippen molar-refractivity contribution in [2.45, 2.75) is 0 Å². The number of nitrogens with one attached hydrogen (secondary N) is 1. The van der Waals surface area contributed by atoms with E-state index in [2.05, 4.69) is 34.7 Å². The lowest BCUT2D eigenvalue weighted by Crippen LogP contribution is -2.47. The Balaban J connectivity index is 0.000000289. The minimum atomic E-state index is -3.67. The molecule has 1 saturated heterocycles. The minimum absolute atomic E-state index is 0.715. The Morgan fingerprint density at radius 2 is 1.48 bits per heavy atom. The smallest absolute Gasteiger partial charge is 0.261 e. The van der Waals surface area contributed by atoms with E-state index in [1.54, 1.807) is 12.5 Å². The van der Waals surface area contributed by atoms with Crippen molar-refractivity contribution in [2.75, 3.05) is 48.5 Å².